The molecular weight excluding hydrogens is 491 g/mol. The standard InChI is InChI=1S/C28H59N2O6P/c1-6-7-8-9-10-11-12-13-14-15-16-17-18-19-20-21-23-34-26-28(25-29-27(2)31)36-37(32,33)35-24-22-30(3,4)5/h28H,6-26H2,1-5H3,(H-,29,31,32,33). The summed E-state index contributed by atoms with van der Waals surface area (Å²) < 4.78 is 28.6. The fraction of sp³-hybridized carbons (Fsp3) is 0.964. The van der Waals surface area contributed by atoms with Crippen LogP contribution in [-0.2, 0) is 23.1 Å². The van der Waals surface area contributed by atoms with E-state index in [9.17, 15) is 14.3 Å². The molecule has 0 bridgehead atoms. The van der Waals surface area contributed by atoms with Gasteiger partial charge in [-0.25, -0.2) is 0 Å². The summed E-state index contributed by atoms with van der Waals surface area (Å²) in [5, 5.41) is 2.59. The number of nitrogens with zero attached hydrogens (tertiary/aromatic N) is 1. The van der Waals surface area contributed by atoms with Crippen molar-refractivity contribution in [1.82, 2.24) is 5.32 Å². The van der Waals surface area contributed by atoms with Crippen molar-refractivity contribution in [3.05, 3.63) is 0 Å². The van der Waals surface area contributed by atoms with Gasteiger partial charge in [0.05, 0.1) is 27.7 Å². The first kappa shape index (κ1) is 36.5. The molecule has 8 nitrogen and oxygen atoms in total. The van der Waals surface area contributed by atoms with Gasteiger partial charge in [0, 0.05) is 20.1 Å². The smallest absolute Gasteiger partial charge is 0.268 e. The van der Waals surface area contributed by atoms with Crippen LogP contribution in [0.4, 0.5) is 0 Å². The second-order valence-corrected chi connectivity index (χ2v) is 12.7. The number of rotatable bonds is 27. The molecule has 1 amide bonds. The Kier molecular flexibility index (Phi) is 23.1. The number of nitrogens with one attached hydrogen (secondary N) is 1. The quantitative estimate of drug-likeness (QED) is 0.0768. The minimum atomic E-state index is -4.48. The molecule has 0 saturated carbocycles. The molecule has 0 spiro atoms. The normalized spacial score (nSPS) is 14.4. The fourth-order valence-electron chi connectivity index (χ4n) is 3.99. The molecule has 9 heteroatoms. The Morgan fingerprint density at radius 1 is 0.811 bits per heavy atom. The summed E-state index contributed by atoms with van der Waals surface area (Å²) in [4.78, 5) is 23.4. The summed E-state index contributed by atoms with van der Waals surface area (Å²) in [6.45, 7) is 4.90. The summed E-state index contributed by atoms with van der Waals surface area (Å²) in [6, 6.07) is 0. The van der Waals surface area contributed by atoms with E-state index < -0.39 is 13.9 Å². The van der Waals surface area contributed by atoms with Crippen LogP contribution in [0.2, 0.25) is 0 Å². The van der Waals surface area contributed by atoms with E-state index in [1.165, 1.54) is 96.8 Å². The lowest BCUT2D eigenvalue weighted by molar-refractivity contribution is -0.870. The molecule has 0 aromatic carbocycles. The molecule has 2 unspecified atom stereocenters. The van der Waals surface area contributed by atoms with Crippen molar-refractivity contribution in [1.29, 1.82) is 0 Å². The number of phosphoric ester groups is 1. The molecule has 0 aromatic heterocycles. The van der Waals surface area contributed by atoms with E-state index >= 15 is 0 Å². The highest BCUT2D eigenvalue weighted by molar-refractivity contribution is 7.45. The summed E-state index contributed by atoms with van der Waals surface area (Å²) in [7, 11) is 1.37. The van der Waals surface area contributed by atoms with Crippen molar-refractivity contribution < 1.29 is 32.5 Å². The molecule has 0 saturated heterocycles. The molecule has 222 valence electrons. The maximum Gasteiger partial charge on any atom is 0.268 e. The van der Waals surface area contributed by atoms with Crippen LogP contribution in [0.1, 0.15) is 117 Å². The summed E-state index contributed by atoms with van der Waals surface area (Å²) >= 11 is 0. The lowest BCUT2D eigenvalue weighted by Gasteiger charge is -2.30. The molecule has 0 fully saturated rings. The highest BCUT2D eigenvalue weighted by Gasteiger charge is 2.20. The van der Waals surface area contributed by atoms with Crippen molar-refractivity contribution in [2.24, 2.45) is 0 Å². The minimum absolute atomic E-state index is 0.0389. The van der Waals surface area contributed by atoms with Gasteiger partial charge in [-0.15, -0.1) is 0 Å². The topological polar surface area (TPSA) is 96.9 Å². The van der Waals surface area contributed by atoms with Gasteiger partial charge in [-0.2, -0.15) is 0 Å². The highest BCUT2D eigenvalue weighted by atomic mass is 31.2. The Morgan fingerprint density at radius 2 is 1.27 bits per heavy atom. The summed E-state index contributed by atoms with van der Waals surface area (Å²) in [5.74, 6) is -0.252. The van der Waals surface area contributed by atoms with E-state index in [0.717, 1.165) is 12.8 Å². The third-order valence-corrected chi connectivity index (χ3v) is 7.37. The Hall–Kier alpha value is -0.500. The molecule has 0 aliphatic carbocycles. The van der Waals surface area contributed by atoms with Crippen LogP contribution in [0, 0.1) is 0 Å². The number of hydrogen-bond acceptors (Lipinski definition) is 6. The van der Waals surface area contributed by atoms with Crippen molar-refractivity contribution in [3.8, 4) is 0 Å². The van der Waals surface area contributed by atoms with Gasteiger partial charge in [-0.1, -0.05) is 103 Å². The van der Waals surface area contributed by atoms with Crippen LogP contribution >= 0.6 is 7.82 Å². The SMILES string of the molecule is CCCCCCCCCCCCCCCCCCOCC(CNC(C)=O)OP(=O)([O-])OCC[N+](C)(C)C. The lowest BCUT2D eigenvalue weighted by Crippen LogP contribution is -2.38. The van der Waals surface area contributed by atoms with Gasteiger partial charge in [-0.3, -0.25) is 9.36 Å². The van der Waals surface area contributed by atoms with E-state index in [-0.39, 0.29) is 25.7 Å². The number of carbonyl (C=O) groups excluding carboxylic acids is 1. The third kappa shape index (κ3) is 28.3. The molecule has 0 aromatic rings. The van der Waals surface area contributed by atoms with E-state index in [1.807, 2.05) is 21.1 Å². The number of phosphoric acid groups is 1. The van der Waals surface area contributed by atoms with Gasteiger partial charge in [-0.05, 0) is 6.42 Å². The van der Waals surface area contributed by atoms with Gasteiger partial charge in [0.1, 0.15) is 19.3 Å². The molecular formula is C28H59N2O6P. The zero-order chi connectivity index (χ0) is 27.8. The molecule has 37 heavy (non-hydrogen) atoms. The molecule has 0 radical (unpaired) electrons. The Morgan fingerprint density at radius 3 is 1.70 bits per heavy atom. The second kappa shape index (κ2) is 23.4. The number of ether oxygens (including phenoxy) is 1. The number of quaternary nitrogens is 1. The number of hydrogen-bond donors (Lipinski definition) is 1. The number of amides is 1. The van der Waals surface area contributed by atoms with Crippen molar-refractivity contribution in [2.45, 2.75) is 123 Å². The maximum atomic E-state index is 12.2. The average Bonchev–Trinajstić information content (AvgIpc) is 2.80. The summed E-state index contributed by atoms with van der Waals surface area (Å²) in [6.07, 6.45) is 20.2. The van der Waals surface area contributed by atoms with E-state index in [4.69, 9.17) is 13.8 Å². The number of likely N-dealkylation sites (N-methyl/N-ethyl adjacent to an activating group) is 1. The van der Waals surface area contributed by atoms with Crippen molar-refractivity contribution >= 4 is 13.7 Å². The van der Waals surface area contributed by atoms with Crippen LogP contribution < -0.4 is 10.2 Å². The Labute approximate surface area is 228 Å². The second-order valence-electron chi connectivity index (χ2n) is 11.3. The van der Waals surface area contributed by atoms with Gasteiger partial charge in [0.2, 0.25) is 5.91 Å². The van der Waals surface area contributed by atoms with Crippen molar-refractivity contribution in [3.63, 3.8) is 0 Å². The Bertz CT molecular complexity index is 586. The Balaban J connectivity index is 3.79. The minimum Gasteiger partial charge on any atom is -0.756 e. The van der Waals surface area contributed by atoms with Crippen LogP contribution in [-0.4, -0.2) is 70.5 Å². The van der Waals surface area contributed by atoms with Crippen molar-refractivity contribution in [2.75, 3.05) is 54.1 Å². The zero-order valence-corrected chi connectivity index (χ0v) is 25.7. The number of unbranched alkanes of at least 4 members (excludes halogenated alkanes) is 15. The molecule has 1 N–H and O–H groups in total. The van der Waals surface area contributed by atoms with E-state index in [2.05, 4.69) is 12.2 Å². The molecule has 2 atom stereocenters. The maximum absolute atomic E-state index is 12.2. The third-order valence-electron chi connectivity index (χ3n) is 6.31. The average molecular weight is 551 g/mol. The van der Waals surface area contributed by atoms with Crippen LogP contribution in [0.3, 0.4) is 0 Å². The van der Waals surface area contributed by atoms with E-state index in [1.54, 1.807) is 0 Å². The van der Waals surface area contributed by atoms with Crippen LogP contribution in [0.25, 0.3) is 0 Å². The molecule has 0 heterocycles. The monoisotopic (exact) mass is 550 g/mol. The first-order chi connectivity index (χ1) is 17.6. The van der Waals surface area contributed by atoms with Crippen LogP contribution in [0.5, 0.6) is 0 Å². The molecule has 0 aliphatic rings. The lowest BCUT2D eigenvalue weighted by atomic mass is 10.0. The molecule has 0 aliphatic heterocycles. The predicted molar refractivity (Wildman–Crippen MR) is 150 cm³/mol. The first-order valence-corrected chi connectivity index (χ1v) is 16.3. The van der Waals surface area contributed by atoms with Gasteiger partial charge >= 0.3 is 0 Å². The summed E-state index contributed by atoms with van der Waals surface area (Å²) in [5.41, 5.74) is 0. The molecule has 0 rings (SSSR count). The van der Waals surface area contributed by atoms with Gasteiger partial charge in [0.15, 0.2) is 0 Å². The van der Waals surface area contributed by atoms with Gasteiger partial charge in [0.25, 0.3) is 7.82 Å². The number of carbonyl (C=O) groups is 1. The fourth-order valence-corrected chi connectivity index (χ4v) is 4.86. The van der Waals surface area contributed by atoms with Gasteiger partial charge < -0.3 is 28.5 Å². The van der Waals surface area contributed by atoms with E-state index in [0.29, 0.717) is 17.6 Å². The first-order valence-electron chi connectivity index (χ1n) is 14.8. The largest absolute Gasteiger partial charge is 0.756 e. The predicted octanol–water partition coefficient (Wildman–Crippen LogP) is 5.98. The van der Waals surface area contributed by atoms with Crippen LogP contribution in [0.15, 0.2) is 0 Å². The highest BCUT2D eigenvalue weighted by Crippen LogP contribution is 2.39. The zero-order valence-electron chi connectivity index (χ0n) is 24.8.